The van der Waals surface area contributed by atoms with Crippen LogP contribution < -0.4 is 0 Å². The molecule has 0 fully saturated rings. The Labute approximate surface area is 84.8 Å². The molecular weight excluding hydrogens is 194 g/mol. The van der Waals surface area contributed by atoms with Crippen molar-refractivity contribution >= 4 is 11.1 Å². The highest BCUT2D eigenvalue weighted by molar-refractivity contribution is 5.86. The lowest BCUT2D eigenvalue weighted by Crippen LogP contribution is -1.82. The minimum Gasteiger partial charge on any atom is -0.444 e. The number of hydrogen-bond acceptors (Lipinski definition) is 5. The van der Waals surface area contributed by atoms with Crippen LogP contribution in [0.3, 0.4) is 0 Å². The molecule has 0 aliphatic rings. The van der Waals surface area contributed by atoms with Gasteiger partial charge in [-0.25, -0.2) is 9.97 Å². The van der Waals surface area contributed by atoms with Crippen molar-refractivity contribution in [1.29, 1.82) is 0 Å². The third-order valence-electron chi connectivity index (χ3n) is 2.07. The van der Waals surface area contributed by atoms with Crippen LogP contribution in [0.2, 0.25) is 0 Å². The molecule has 3 heterocycles. The second-order valence-corrected chi connectivity index (χ2v) is 3.10. The quantitative estimate of drug-likeness (QED) is 0.603. The van der Waals surface area contributed by atoms with Crippen LogP contribution in [0.5, 0.6) is 0 Å². The van der Waals surface area contributed by atoms with E-state index in [4.69, 9.17) is 8.83 Å². The Morgan fingerprint density at radius 3 is 3.00 bits per heavy atom. The molecule has 5 heteroatoms. The number of nitrogens with zero attached hydrogens (tertiary/aromatic N) is 3. The topological polar surface area (TPSA) is 65.0 Å². The fourth-order valence-corrected chi connectivity index (χ4v) is 1.48. The van der Waals surface area contributed by atoms with Gasteiger partial charge in [-0.1, -0.05) is 0 Å². The van der Waals surface area contributed by atoms with Gasteiger partial charge in [0, 0.05) is 13.1 Å². The summed E-state index contributed by atoms with van der Waals surface area (Å²) in [5, 5.41) is 0. The maximum atomic E-state index is 5.36. The van der Waals surface area contributed by atoms with Crippen molar-refractivity contribution in [1.82, 2.24) is 15.0 Å². The highest BCUT2D eigenvalue weighted by Gasteiger charge is 2.12. The van der Waals surface area contributed by atoms with Gasteiger partial charge in [0.15, 0.2) is 11.5 Å². The third-order valence-corrected chi connectivity index (χ3v) is 2.07. The molecule has 0 N–H and O–H groups in total. The summed E-state index contributed by atoms with van der Waals surface area (Å²) in [5.74, 6) is 1.10. The minimum atomic E-state index is 0.501. The fourth-order valence-electron chi connectivity index (χ4n) is 1.48. The average molecular weight is 201 g/mol. The molecule has 5 nitrogen and oxygen atoms in total. The van der Waals surface area contributed by atoms with Gasteiger partial charge >= 0.3 is 0 Å². The van der Waals surface area contributed by atoms with Gasteiger partial charge in [0.2, 0.25) is 5.89 Å². The van der Waals surface area contributed by atoms with E-state index >= 15 is 0 Å². The number of rotatable bonds is 1. The molecule has 74 valence electrons. The van der Waals surface area contributed by atoms with E-state index in [1.54, 1.807) is 25.5 Å². The normalized spacial score (nSPS) is 11.0. The molecule has 0 unspecified atom stereocenters. The summed E-state index contributed by atoms with van der Waals surface area (Å²) in [7, 11) is 0. The van der Waals surface area contributed by atoms with Gasteiger partial charge in [0.05, 0.1) is 18.0 Å². The summed E-state index contributed by atoms with van der Waals surface area (Å²) in [6.07, 6.45) is 6.39. The van der Waals surface area contributed by atoms with Gasteiger partial charge in [-0.05, 0) is 0 Å². The predicted molar refractivity (Wildman–Crippen MR) is 52.0 cm³/mol. The van der Waals surface area contributed by atoms with Gasteiger partial charge in [-0.2, -0.15) is 0 Å². The van der Waals surface area contributed by atoms with Crippen molar-refractivity contribution in [2.24, 2.45) is 0 Å². The largest absolute Gasteiger partial charge is 0.444 e. The Balaban J connectivity index is 2.35. The smallest absolute Gasteiger partial charge is 0.229 e. The van der Waals surface area contributed by atoms with E-state index in [1.165, 1.54) is 6.26 Å². The number of aryl methyl sites for hydroxylation is 1. The van der Waals surface area contributed by atoms with E-state index in [0.717, 1.165) is 11.1 Å². The molecule has 0 radical (unpaired) electrons. The molecule has 0 atom stereocenters. The summed E-state index contributed by atoms with van der Waals surface area (Å²) >= 11 is 0. The molecule has 15 heavy (non-hydrogen) atoms. The van der Waals surface area contributed by atoms with Crippen molar-refractivity contribution in [2.75, 3.05) is 0 Å². The van der Waals surface area contributed by atoms with Gasteiger partial charge in [0.1, 0.15) is 11.8 Å². The standard InChI is InChI=1S/C10H7N3O2/c1-6-13-9-7(10-12-2-3-14-10)4-11-5-8(9)15-6/h2-5H,1H3. The first-order chi connectivity index (χ1) is 7.34. The first-order valence-electron chi connectivity index (χ1n) is 4.45. The predicted octanol–water partition coefficient (Wildman–Crippen LogP) is 2.19. The van der Waals surface area contributed by atoms with Gasteiger partial charge in [-0.15, -0.1) is 0 Å². The van der Waals surface area contributed by atoms with Crippen LogP contribution in [-0.4, -0.2) is 15.0 Å². The molecular formula is C10H7N3O2. The number of pyridine rings is 1. The number of oxazole rings is 2. The van der Waals surface area contributed by atoms with Crippen molar-refractivity contribution < 1.29 is 8.83 Å². The van der Waals surface area contributed by atoms with E-state index in [9.17, 15) is 0 Å². The lowest BCUT2D eigenvalue weighted by atomic mass is 10.2. The molecule has 0 aliphatic heterocycles. The Morgan fingerprint density at radius 1 is 1.27 bits per heavy atom. The van der Waals surface area contributed by atoms with Crippen LogP contribution in [0.4, 0.5) is 0 Å². The van der Waals surface area contributed by atoms with Gasteiger partial charge in [0.25, 0.3) is 0 Å². The van der Waals surface area contributed by atoms with E-state index in [-0.39, 0.29) is 0 Å². The lowest BCUT2D eigenvalue weighted by Gasteiger charge is -1.93. The minimum absolute atomic E-state index is 0.501. The van der Waals surface area contributed by atoms with Crippen molar-refractivity contribution in [3.8, 4) is 11.5 Å². The third kappa shape index (κ3) is 1.20. The summed E-state index contributed by atoms with van der Waals surface area (Å²) in [4.78, 5) is 12.4. The van der Waals surface area contributed by atoms with Crippen molar-refractivity contribution in [2.45, 2.75) is 6.92 Å². The molecule has 0 spiro atoms. The van der Waals surface area contributed by atoms with E-state index in [1.807, 2.05) is 0 Å². The molecule has 0 amide bonds. The number of aromatic nitrogens is 3. The summed E-state index contributed by atoms with van der Waals surface area (Å²) in [6.45, 7) is 1.79. The fraction of sp³-hybridized carbons (Fsp3) is 0.100. The van der Waals surface area contributed by atoms with E-state index < -0.39 is 0 Å². The van der Waals surface area contributed by atoms with Gasteiger partial charge in [-0.3, -0.25) is 4.98 Å². The zero-order valence-electron chi connectivity index (χ0n) is 7.97. The van der Waals surface area contributed by atoms with Crippen LogP contribution in [0.15, 0.2) is 33.7 Å². The maximum absolute atomic E-state index is 5.36. The summed E-state index contributed by atoms with van der Waals surface area (Å²) in [5.41, 5.74) is 2.11. The molecule has 3 aromatic heterocycles. The Morgan fingerprint density at radius 2 is 2.20 bits per heavy atom. The van der Waals surface area contributed by atoms with Gasteiger partial charge < -0.3 is 8.83 Å². The molecule has 0 saturated heterocycles. The molecule has 0 saturated carbocycles. The highest BCUT2D eigenvalue weighted by atomic mass is 16.4. The van der Waals surface area contributed by atoms with Crippen molar-refractivity contribution in [3.63, 3.8) is 0 Å². The van der Waals surface area contributed by atoms with E-state index in [0.29, 0.717) is 17.4 Å². The Kier molecular flexibility index (Phi) is 1.58. The number of hydrogen-bond donors (Lipinski definition) is 0. The summed E-state index contributed by atoms with van der Waals surface area (Å²) < 4.78 is 10.6. The Bertz CT molecular complexity index is 598. The van der Waals surface area contributed by atoms with Crippen LogP contribution >= 0.6 is 0 Å². The van der Waals surface area contributed by atoms with Crippen LogP contribution in [-0.2, 0) is 0 Å². The Hall–Kier alpha value is -2.17. The summed E-state index contributed by atoms with van der Waals surface area (Å²) in [6, 6.07) is 0. The molecule has 0 aliphatic carbocycles. The second kappa shape index (κ2) is 2.91. The first-order valence-corrected chi connectivity index (χ1v) is 4.45. The number of fused-ring (bicyclic) bond motifs is 1. The average Bonchev–Trinajstić information content (AvgIpc) is 2.82. The van der Waals surface area contributed by atoms with Crippen LogP contribution in [0.1, 0.15) is 5.89 Å². The lowest BCUT2D eigenvalue weighted by molar-refractivity contribution is 0.559. The highest BCUT2D eigenvalue weighted by Crippen LogP contribution is 2.25. The van der Waals surface area contributed by atoms with Crippen molar-refractivity contribution in [3.05, 3.63) is 30.7 Å². The molecule has 0 bridgehead atoms. The van der Waals surface area contributed by atoms with Crippen LogP contribution in [0, 0.1) is 6.92 Å². The molecule has 0 aromatic carbocycles. The molecule has 3 rings (SSSR count). The first kappa shape index (κ1) is 8.16. The monoisotopic (exact) mass is 201 g/mol. The van der Waals surface area contributed by atoms with Crippen LogP contribution in [0.25, 0.3) is 22.6 Å². The zero-order chi connectivity index (χ0) is 10.3. The zero-order valence-corrected chi connectivity index (χ0v) is 7.97. The maximum Gasteiger partial charge on any atom is 0.229 e. The SMILES string of the molecule is Cc1nc2c(-c3ncco3)cncc2o1. The molecule has 3 aromatic rings. The second-order valence-electron chi connectivity index (χ2n) is 3.10. The van der Waals surface area contributed by atoms with E-state index in [2.05, 4.69) is 15.0 Å².